The Labute approximate surface area is 641 Å². The summed E-state index contributed by atoms with van der Waals surface area (Å²) in [6.07, 6.45) is -3.15. The molecule has 20 nitrogen and oxygen atoms in total. The van der Waals surface area contributed by atoms with Gasteiger partial charge >= 0.3 is 17.9 Å². The van der Waals surface area contributed by atoms with Gasteiger partial charge in [0.2, 0.25) is 0 Å². The Morgan fingerprint density at radius 3 is 0.872 bits per heavy atom. The standard InChI is InChI=1S/C57H69NO12.C21H24O4.C7H9N.C4H6O2/c1-38(2)54(63)69-36-48(61)34-67-52-26-16-43(17-27-52)56(6,7)41-12-22-50(23-13-41)65-32-46(59)30-58(45-20-10-40(5)11-21-45)31-47(60)33-66-51-24-14-42(15-25-51)57(8,9)44-18-28-53(29-19-44)68-35-49(62)37-70-55(64)39(3)4;1-21(2,15-3-7-17(8-4-15)22-11-19-13-24-19)16-5-9-18(10-6-16)23-12-20-14-25-20;1-6-2-4-7(8)5-3-6;1-3(2)4(5)6/h10-29,46-49,59-62H,1,3,30-37H2,2,4-9H3;3-10,19-20H,11-14H2,1-2H3;2-5H,8H2,1H3;1H2,2H3,(H,5,6). The molecule has 0 radical (unpaired) electrons. The Balaban J connectivity index is 0.000000339. The summed E-state index contributed by atoms with van der Waals surface area (Å²) in [5.41, 5.74) is 16.0. The summed E-state index contributed by atoms with van der Waals surface area (Å²) in [5, 5.41) is 50.6. The van der Waals surface area contributed by atoms with Crippen molar-refractivity contribution in [2.24, 2.45) is 0 Å². The molecule has 6 atom stereocenters. The van der Waals surface area contributed by atoms with Gasteiger partial charge in [-0.2, -0.15) is 0 Å². The minimum atomic E-state index is -0.977. The highest BCUT2D eigenvalue weighted by Gasteiger charge is 2.29. The van der Waals surface area contributed by atoms with Crippen LogP contribution in [-0.2, 0) is 49.6 Å². The van der Waals surface area contributed by atoms with Crippen LogP contribution in [0.2, 0.25) is 0 Å². The fourth-order valence-electron chi connectivity index (χ4n) is 10.7. The van der Waals surface area contributed by atoms with Crippen molar-refractivity contribution in [2.75, 3.05) is 89.8 Å². The van der Waals surface area contributed by atoms with Crippen LogP contribution in [0.4, 0.5) is 11.4 Å². The number of aliphatic hydroxyl groups excluding tert-OH is 4. The Morgan fingerprint density at radius 2 is 0.642 bits per heavy atom. The Morgan fingerprint density at radius 1 is 0.404 bits per heavy atom. The molecule has 0 aromatic heterocycles. The van der Waals surface area contributed by atoms with Crippen molar-refractivity contribution in [2.45, 2.75) is 129 Å². The molecule has 0 saturated carbocycles. The third-order valence-electron chi connectivity index (χ3n) is 18.1. The summed E-state index contributed by atoms with van der Waals surface area (Å²) < 4.78 is 55.3. The second-order valence-corrected chi connectivity index (χ2v) is 28.9. The number of anilines is 2. The van der Waals surface area contributed by atoms with E-state index in [0.29, 0.717) is 36.2 Å². The molecule has 582 valence electrons. The molecule has 8 aromatic carbocycles. The lowest BCUT2D eigenvalue weighted by Gasteiger charge is -2.30. The van der Waals surface area contributed by atoms with Gasteiger partial charge < -0.3 is 83.5 Å². The third-order valence-corrected chi connectivity index (χ3v) is 18.1. The van der Waals surface area contributed by atoms with Crippen LogP contribution >= 0.6 is 0 Å². The first-order chi connectivity index (χ1) is 51.7. The van der Waals surface area contributed by atoms with E-state index in [0.717, 1.165) is 63.9 Å². The van der Waals surface area contributed by atoms with Crippen LogP contribution in [0, 0.1) is 13.8 Å². The number of nitrogen functional groups attached to an aromatic ring is 1. The molecule has 2 aliphatic rings. The normalized spacial score (nSPS) is 14.6. The minimum absolute atomic E-state index is 0.0330. The number of aliphatic carboxylic acids is 1. The number of benzene rings is 8. The monoisotopic (exact) mass is 1490 g/mol. The number of hydrogen-bond acceptors (Lipinski definition) is 19. The third kappa shape index (κ3) is 28.9. The van der Waals surface area contributed by atoms with E-state index in [4.69, 9.17) is 58.2 Å². The fourth-order valence-corrected chi connectivity index (χ4v) is 10.7. The van der Waals surface area contributed by atoms with Gasteiger partial charge in [-0.25, -0.2) is 14.4 Å². The minimum Gasteiger partial charge on any atom is -0.491 e. The number of carboxylic acid groups (broad SMARTS) is 1. The second kappa shape index (κ2) is 41.2. The largest absolute Gasteiger partial charge is 0.491 e. The molecule has 2 heterocycles. The number of nitrogens with zero attached hydrogens (tertiary/aromatic N) is 1. The lowest BCUT2D eigenvalue weighted by molar-refractivity contribution is -0.143. The van der Waals surface area contributed by atoms with Crippen molar-refractivity contribution in [3.63, 3.8) is 0 Å². The van der Waals surface area contributed by atoms with E-state index in [1.165, 1.54) is 23.6 Å². The van der Waals surface area contributed by atoms with Gasteiger partial charge in [-0.15, -0.1) is 0 Å². The summed E-state index contributed by atoms with van der Waals surface area (Å²) in [6, 6.07) is 63.2. The van der Waals surface area contributed by atoms with E-state index < -0.39 is 42.3 Å². The summed E-state index contributed by atoms with van der Waals surface area (Å²) >= 11 is 0. The number of aryl methyl sites for hydroxylation is 2. The van der Waals surface area contributed by atoms with Gasteiger partial charge in [0, 0.05) is 57.4 Å². The smallest absolute Gasteiger partial charge is 0.333 e. The number of hydrogen-bond donors (Lipinski definition) is 6. The molecule has 2 fully saturated rings. The molecule has 0 spiro atoms. The maximum absolute atomic E-state index is 11.6. The van der Waals surface area contributed by atoms with Gasteiger partial charge in [0.15, 0.2) is 0 Å². The van der Waals surface area contributed by atoms with Crippen LogP contribution in [-0.4, -0.2) is 159 Å². The number of rotatable bonds is 36. The molecule has 8 aromatic rings. The van der Waals surface area contributed by atoms with E-state index in [9.17, 15) is 34.8 Å². The van der Waals surface area contributed by atoms with Crippen molar-refractivity contribution in [1.82, 2.24) is 0 Å². The van der Waals surface area contributed by atoms with Crippen LogP contribution in [0.5, 0.6) is 34.5 Å². The zero-order valence-corrected chi connectivity index (χ0v) is 64.6. The number of carboxylic acids is 1. The van der Waals surface area contributed by atoms with Crippen molar-refractivity contribution in [1.29, 1.82) is 0 Å². The zero-order chi connectivity index (χ0) is 79.4. The summed E-state index contributed by atoms with van der Waals surface area (Å²) in [7, 11) is 0. The number of carbonyl (C=O) groups is 3. The number of epoxide rings is 2. The predicted molar refractivity (Wildman–Crippen MR) is 424 cm³/mol. The molecule has 20 heteroatoms. The second-order valence-electron chi connectivity index (χ2n) is 28.9. The topological polar surface area (TPSA) is 281 Å². The maximum atomic E-state index is 11.6. The van der Waals surface area contributed by atoms with Crippen molar-refractivity contribution in [3.05, 3.63) is 275 Å². The van der Waals surface area contributed by atoms with Crippen LogP contribution in [0.15, 0.2) is 231 Å². The predicted octanol–water partition coefficient (Wildman–Crippen LogP) is 13.8. The van der Waals surface area contributed by atoms with Gasteiger partial charge in [-0.1, -0.05) is 169 Å². The average molecular weight is 1490 g/mol. The molecule has 2 saturated heterocycles. The quantitative estimate of drug-likeness (QED) is 0.00921. The van der Waals surface area contributed by atoms with Gasteiger partial charge in [-0.05, 0) is 165 Å². The lowest BCUT2D eigenvalue weighted by Crippen LogP contribution is -2.41. The van der Waals surface area contributed by atoms with Crippen LogP contribution in [0.3, 0.4) is 0 Å². The molecule has 109 heavy (non-hydrogen) atoms. The number of ether oxygens (including phenoxy) is 10. The molecule has 10 rings (SSSR count). The van der Waals surface area contributed by atoms with E-state index in [1.807, 2.05) is 189 Å². The molecule has 7 N–H and O–H groups in total. The van der Waals surface area contributed by atoms with Gasteiger partial charge in [-0.3, -0.25) is 0 Å². The molecule has 2 aliphatic heterocycles. The zero-order valence-electron chi connectivity index (χ0n) is 64.6. The van der Waals surface area contributed by atoms with E-state index in [2.05, 4.69) is 85.5 Å². The van der Waals surface area contributed by atoms with Crippen molar-refractivity contribution in [3.8, 4) is 34.5 Å². The summed E-state index contributed by atoms with van der Waals surface area (Å²) in [4.78, 5) is 34.7. The SMILES string of the molecule is C=C(C)C(=O)O.C=C(C)C(=O)OCC(O)COc1ccc(C(C)(C)c2ccc(OCC(O)CN(CC(O)COc3ccc(C(C)(C)c4ccc(OCC(O)COC(=O)C(=C)C)cc4)cc3)c3ccc(C)cc3)cc2)cc1.CC(C)(c1ccc(OCC2CO2)cc1)c1ccc(OCC2CO2)cc1.Cc1ccc(N)cc1. The molecule has 6 unspecified atom stereocenters. The maximum Gasteiger partial charge on any atom is 0.333 e. The van der Waals surface area contributed by atoms with Gasteiger partial charge in [0.25, 0.3) is 0 Å². The number of carbonyl (C=O) groups excluding carboxylic acids is 2. The van der Waals surface area contributed by atoms with Crippen molar-refractivity contribution >= 4 is 29.3 Å². The lowest BCUT2D eigenvalue weighted by atomic mass is 9.78. The first-order valence-corrected chi connectivity index (χ1v) is 36.3. The Kier molecular flexibility index (Phi) is 32.4. The van der Waals surface area contributed by atoms with E-state index >= 15 is 0 Å². The average Bonchev–Trinajstić information content (AvgIpc) is 0.901. The Bertz CT molecular complexity index is 3910. The van der Waals surface area contributed by atoms with Crippen molar-refractivity contribution < 1.29 is 87.3 Å². The van der Waals surface area contributed by atoms with Crippen LogP contribution in [0.25, 0.3) is 0 Å². The summed E-state index contributed by atoms with van der Waals surface area (Å²) in [5.74, 6) is 2.09. The van der Waals surface area contributed by atoms with E-state index in [-0.39, 0.29) is 97.9 Å². The number of nitrogens with two attached hydrogens (primary N) is 1. The number of esters is 2. The van der Waals surface area contributed by atoms with E-state index in [1.54, 1.807) is 13.8 Å². The molecule has 0 bridgehead atoms. The van der Waals surface area contributed by atoms with Gasteiger partial charge in [0.05, 0.1) is 13.2 Å². The van der Waals surface area contributed by atoms with Gasteiger partial charge in [0.1, 0.15) is 124 Å². The summed E-state index contributed by atoms with van der Waals surface area (Å²) in [6.45, 7) is 34.7. The Hall–Kier alpha value is -10.5. The van der Waals surface area contributed by atoms with Crippen LogP contribution < -0.4 is 39.1 Å². The molecular weight excluding hydrogens is 1380 g/mol. The highest BCUT2D eigenvalue weighted by atomic mass is 16.6. The fraction of sp³-hybridized carbons (Fsp3) is 0.360. The first kappa shape index (κ1) is 85.8. The van der Waals surface area contributed by atoms with Crippen LogP contribution in [0.1, 0.15) is 107 Å². The molecule has 0 aliphatic carbocycles. The highest BCUT2D eigenvalue weighted by Crippen LogP contribution is 2.37. The molecular formula is C89H108N2O18. The first-order valence-electron chi connectivity index (χ1n) is 36.3. The highest BCUT2D eigenvalue weighted by molar-refractivity contribution is 5.87. The number of aliphatic hydroxyl groups is 4. The molecule has 0 amide bonds.